The van der Waals surface area contributed by atoms with Gasteiger partial charge in [-0.25, -0.2) is 0 Å². The van der Waals surface area contributed by atoms with E-state index in [2.05, 4.69) is 23.5 Å². The van der Waals surface area contributed by atoms with E-state index in [0.717, 1.165) is 22.4 Å². The number of benzene rings is 2. The minimum absolute atomic E-state index is 0.0432. The van der Waals surface area contributed by atoms with E-state index in [1.165, 1.54) is 6.92 Å². The van der Waals surface area contributed by atoms with E-state index in [4.69, 9.17) is 0 Å². The van der Waals surface area contributed by atoms with Crippen molar-refractivity contribution in [3.63, 3.8) is 0 Å². The van der Waals surface area contributed by atoms with Gasteiger partial charge in [-0.3, -0.25) is 4.79 Å². The fourth-order valence-electron chi connectivity index (χ4n) is 1.76. The van der Waals surface area contributed by atoms with Crippen molar-refractivity contribution in [3.05, 3.63) is 54.1 Å². The lowest BCUT2D eigenvalue weighted by atomic mass is 10.0. The lowest BCUT2D eigenvalue weighted by Gasteiger charge is -2.09. The Hall–Kier alpha value is -2.09. The first-order valence-corrected chi connectivity index (χ1v) is 5.60. The molecule has 0 aliphatic carbocycles. The number of carbonyl (C=O) groups excluding carboxylic acids is 1. The second-order valence-corrected chi connectivity index (χ2v) is 4.08. The molecule has 0 aromatic heterocycles. The fraction of sp³-hybridized carbons (Fsp3) is 0.133. The lowest BCUT2D eigenvalue weighted by molar-refractivity contribution is -0.114. The monoisotopic (exact) mass is 225 g/mol. The molecule has 86 valence electrons. The number of amides is 1. The molecule has 2 aromatic carbocycles. The highest BCUT2D eigenvalue weighted by Crippen LogP contribution is 2.25. The van der Waals surface area contributed by atoms with Crippen LogP contribution >= 0.6 is 0 Å². The van der Waals surface area contributed by atoms with Crippen molar-refractivity contribution >= 4 is 11.6 Å². The maximum atomic E-state index is 11.1. The van der Waals surface area contributed by atoms with Crippen molar-refractivity contribution in [1.82, 2.24) is 0 Å². The number of nitrogens with one attached hydrogen (secondary N) is 1. The van der Waals surface area contributed by atoms with Gasteiger partial charge in [-0.2, -0.15) is 0 Å². The zero-order chi connectivity index (χ0) is 12.3. The van der Waals surface area contributed by atoms with E-state index in [0.29, 0.717) is 0 Å². The minimum atomic E-state index is -0.0432. The summed E-state index contributed by atoms with van der Waals surface area (Å²) in [5.41, 5.74) is 4.21. The average molecular weight is 225 g/mol. The Labute approximate surface area is 101 Å². The van der Waals surface area contributed by atoms with Crippen LogP contribution in [0.5, 0.6) is 0 Å². The van der Waals surface area contributed by atoms with Gasteiger partial charge in [0.2, 0.25) is 5.91 Å². The van der Waals surface area contributed by atoms with Crippen molar-refractivity contribution in [2.45, 2.75) is 13.8 Å². The second kappa shape index (κ2) is 4.83. The summed E-state index contributed by atoms with van der Waals surface area (Å²) in [5, 5.41) is 2.84. The van der Waals surface area contributed by atoms with Crippen molar-refractivity contribution < 1.29 is 4.79 Å². The standard InChI is InChI=1S/C15H15NO/c1-11-8-9-14(10-15(11)16-12(2)17)13-6-4-3-5-7-13/h3-10H,1-2H3,(H,16,17). The van der Waals surface area contributed by atoms with Crippen LogP contribution in [-0.2, 0) is 4.79 Å². The third-order valence-corrected chi connectivity index (χ3v) is 2.66. The number of carbonyl (C=O) groups is 1. The minimum Gasteiger partial charge on any atom is -0.326 e. The SMILES string of the molecule is CC(=O)Nc1cc(-c2ccccc2)ccc1C. The molecule has 0 radical (unpaired) electrons. The number of aryl methyl sites for hydroxylation is 1. The summed E-state index contributed by atoms with van der Waals surface area (Å²) in [7, 11) is 0. The molecule has 2 heteroatoms. The summed E-state index contributed by atoms with van der Waals surface area (Å²) in [6.07, 6.45) is 0. The lowest BCUT2D eigenvalue weighted by Crippen LogP contribution is -2.07. The first-order valence-electron chi connectivity index (χ1n) is 5.60. The molecule has 0 atom stereocenters. The Morgan fingerprint density at radius 1 is 1.00 bits per heavy atom. The first kappa shape index (κ1) is 11.4. The first-order chi connectivity index (χ1) is 8.16. The molecule has 0 unspecified atom stereocenters. The zero-order valence-corrected chi connectivity index (χ0v) is 10.0. The van der Waals surface area contributed by atoms with Crippen LogP contribution in [0.3, 0.4) is 0 Å². The number of hydrogen-bond acceptors (Lipinski definition) is 1. The number of rotatable bonds is 2. The highest BCUT2D eigenvalue weighted by molar-refractivity contribution is 5.90. The van der Waals surface area contributed by atoms with E-state index < -0.39 is 0 Å². The van der Waals surface area contributed by atoms with Gasteiger partial charge in [0.05, 0.1) is 0 Å². The van der Waals surface area contributed by atoms with Crippen LogP contribution in [0.15, 0.2) is 48.5 Å². The molecule has 0 saturated heterocycles. The van der Waals surface area contributed by atoms with Gasteiger partial charge in [-0.15, -0.1) is 0 Å². The Balaban J connectivity index is 2.41. The Kier molecular flexibility index (Phi) is 3.24. The topological polar surface area (TPSA) is 29.1 Å². The van der Waals surface area contributed by atoms with Crippen LogP contribution in [-0.4, -0.2) is 5.91 Å². The highest BCUT2D eigenvalue weighted by atomic mass is 16.1. The van der Waals surface area contributed by atoms with E-state index in [9.17, 15) is 4.79 Å². The van der Waals surface area contributed by atoms with Gasteiger partial charge < -0.3 is 5.32 Å². The third kappa shape index (κ3) is 2.72. The van der Waals surface area contributed by atoms with Crippen molar-refractivity contribution in [2.75, 3.05) is 5.32 Å². The molecule has 1 amide bonds. The Morgan fingerprint density at radius 2 is 1.71 bits per heavy atom. The molecular weight excluding hydrogens is 210 g/mol. The predicted octanol–water partition coefficient (Wildman–Crippen LogP) is 3.62. The Bertz CT molecular complexity index is 532. The van der Waals surface area contributed by atoms with Gasteiger partial charge in [0.1, 0.15) is 0 Å². The largest absolute Gasteiger partial charge is 0.326 e. The van der Waals surface area contributed by atoms with Gasteiger partial charge >= 0.3 is 0 Å². The molecule has 2 rings (SSSR count). The second-order valence-electron chi connectivity index (χ2n) is 4.08. The van der Waals surface area contributed by atoms with Crippen LogP contribution in [0.1, 0.15) is 12.5 Å². The zero-order valence-electron chi connectivity index (χ0n) is 10.0. The fourth-order valence-corrected chi connectivity index (χ4v) is 1.76. The normalized spacial score (nSPS) is 10.0. The quantitative estimate of drug-likeness (QED) is 0.831. The van der Waals surface area contributed by atoms with Crippen LogP contribution in [0, 0.1) is 6.92 Å². The Morgan fingerprint density at radius 3 is 2.35 bits per heavy atom. The predicted molar refractivity (Wildman–Crippen MR) is 70.9 cm³/mol. The van der Waals surface area contributed by atoms with Crippen molar-refractivity contribution in [2.24, 2.45) is 0 Å². The van der Waals surface area contributed by atoms with Crippen LogP contribution in [0.25, 0.3) is 11.1 Å². The third-order valence-electron chi connectivity index (χ3n) is 2.66. The summed E-state index contributed by atoms with van der Waals surface area (Å²) in [6.45, 7) is 3.51. The van der Waals surface area contributed by atoms with Crippen LogP contribution in [0.2, 0.25) is 0 Å². The summed E-state index contributed by atoms with van der Waals surface area (Å²) in [6, 6.07) is 16.2. The molecule has 2 aromatic rings. The summed E-state index contributed by atoms with van der Waals surface area (Å²) >= 11 is 0. The molecule has 0 bridgehead atoms. The van der Waals surface area contributed by atoms with Gasteiger partial charge in [-0.05, 0) is 29.7 Å². The van der Waals surface area contributed by atoms with E-state index in [-0.39, 0.29) is 5.91 Å². The molecule has 0 spiro atoms. The van der Waals surface area contributed by atoms with E-state index in [1.807, 2.05) is 37.3 Å². The van der Waals surface area contributed by atoms with Gasteiger partial charge in [0.15, 0.2) is 0 Å². The molecule has 0 aliphatic rings. The van der Waals surface area contributed by atoms with Crippen molar-refractivity contribution in [1.29, 1.82) is 0 Å². The van der Waals surface area contributed by atoms with E-state index in [1.54, 1.807) is 0 Å². The molecule has 17 heavy (non-hydrogen) atoms. The summed E-state index contributed by atoms with van der Waals surface area (Å²) < 4.78 is 0. The smallest absolute Gasteiger partial charge is 0.221 e. The molecule has 0 heterocycles. The summed E-state index contributed by atoms with van der Waals surface area (Å²) in [4.78, 5) is 11.1. The van der Waals surface area contributed by atoms with Crippen LogP contribution < -0.4 is 5.32 Å². The van der Waals surface area contributed by atoms with Crippen molar-refractivity contribution in [3.8, 4) is 11.1 Å². The van der Waals surface area contributed by atoms with E-state index >= 15 is 0 Å². The molecule has 0 fully saturated rings. The average Bonchev–Trinajstić information content (AvgIpc) is 2.32. The molecule has 0 saturated carbocycles. The molecule has 0 aliphatic heterocycles. The molecular formula is C15H15NO. The van der Waals surface area contributed by atoms with Gasteiger partial charge in [0.25, 0.3) is 0 Å². The van der Waals surface area contributed by atoms with Gasteiger partial charge in [-0.1, -0.05) is 42.5 Å². The number of hydrogen-bond donors (Lipinski definition) is 1. The maximum absolute atomic E-state index is 11.1. The highest BCUT2D eigenvalue weighted by Gasteiger charge is 2.03. The maximum Gasteiger partial charge on any atom is 0.221 e. The number of anilines is 1. The molecule has 2 nitrogen and oxygen atoms in total. The molecule has 1 N–H and O–H groups in total. The summed E-state index contributed by atoms with van der Waals surface area (Å²) in [5.74, 6) is -0.0432. The van der Waals surface area contributed by atoms with Crippen LogP contribution in [0.4, 0.5) is 5.69 Å². The van der Waals surface area contributed by atoms with Gasteiger partial charge in [0, 0.05) is 12.6 Å².